The number of methoxy groups -OCH3 is 1. The summed E-state index contributed by atoms with van der Waals surface area (Å²) in [5, 5.41) is 10.0. The summed E-state index contributed by atoms with van der Waals surface area (Å²) < 4.78 is 8.54. The summed E-state index contributed by atoms with van der Waals surface area (Å²) in [7, 11) is 3.28. The minimum atomic E-state index is -0.513. The van der Waals surface area contributed by atoms with Crippen LogP contribution >= 0.6 is 0 Å². The average Bonchev–Trinajstić information content (AvgIpc) is 3.41. The average molecular weight is 458 g/mol. The number of H-pyrrole nitrogens is 1. The number of benzene rings is 2. The fourth-order valence-electron chi connectivity index (χ4n) is 4.73. The van der Waals surface area contributed by atoms with Crippen LogP contribution in [-0.2, 0) is 18.3 Å². The van der Waals surface area contributed by atoms with Crippen LogP contribution in [0.5, 0.6) is 5.75 Å². The zero-order chi connectivity index (χ0) is 23.8. The molecule has 0 radical (unpaired) electrons. The van der Waals surface area contributed by atoms with Crippen LogP contribution in [0.25, 0.3) is 32.7 Å². The predicted octanol–water partition coefficient (Wildman–Crippen LogP) is 3.69. The van der Waals surface area contributed by atoms with E-state index in [-0.39, 0.29) is 11.5 Å². The van der Waals surface area contributed by atoms with Crippen molar-refractivity contribution >= 4 is 38.6 Å². The van der Waals surface area contributed by atoms with Gasteiger partial charge in [0, 0.05) is 41.5 Å². The van der Waals surface area contributed by atoms with Crippen molar-refractivity contribution in [2.45, 2.75) is 25.8 Å². The number of carbonyl (C=O) groups is 1. The van der Waals surface area contributed by atoms with E-state index in [9.17, 15) is 9.59 Å². The van der Waals surface area contributed by atoms with Crippen LogP contribution in [0, 0.1) is 0 Å². The maximum atomic E-state index is 13.4. The molecule has 1 amide bonds. The van der Waals surface area contributed by atoms with Gasteiger partial charge in [0.25, 0.3) is 5.56 Å². The number of ether oxygens (including phenoxy) is 1. The van der Waals surface area contributed by atoms with Crippen molar-refractivity contribution in [1.29, 1.82) is 0 Å². The molecular formula is C26H27N5O3. The third-order valence-corrected chi connectivity index (χ3v) is 6.48. The smallest absolute Gasteiger partial charge is 0.291 e. The molecule has 0 aliphatic heterocycles. The highest BCUT2D eigenvalue weighted by Crippen LogP contribution is 2.31. The van der Waals surface area contributed by atoms with E-state index in [2.05, 4.69) is 15.4 Å². The molecule has 2 N–H and O–H groups in total. The molecule has 0 saturated carbocycles. The van der Waals surface area contributed by atoms with E-state index in [4.69, 9.17) is 4.74 Å². The summed E-state index contributed by atoms with van der Waals surface area (Å²) >= 11 is 0. The van der Waals surface area contributed by atoms with E-state index in [0.29, 0.717) is 24.9 Å². The lowest BCUT2D eigenvalue weighted by Gasteiger charge is -2.19. The lowest BCUT2D eigenvalue weighted by atomic mass is 10.1. The van der Waals surface area contributed by atoms with Crippen molar-refractivity contribution in [3.8, 4) is 5.75 Å². The zero-order valence-corrected chi connectivity index (χ0v) is 19.5. The van der Waals surface area contributed by atoms with Gasteiger partial charge in [0.15, 0.2) is 0 Å². The Kier molecular flexibility index (Phi) is 5.57. The number of carbonyl (C=O) groups excluding carboxylic acids is 1. The molecule has 0 bridgehead atoms. The number of para-hydroxylation sites is 1. The summed E-state index contributed by atoms with van der Waals surface area (Å²) in [5.74, 6) is 0.687. The highest BCUT2D eigenvalue weighted by molar-refractivity contribution is 6.08. The van der Waals surface area contributed by atoms with E-state index in [1.807, 2.05) is 60.2 Å². The van der Waals surface area contributed by atoms with Crippen molar-refractivity contribution in [1.82, 2.24) is 24.6 Å². The summed E-state index contributed by atoms with van der Waals surface area (Å²) in [6.45, 7) is 2.44. The number of aromatic amines is 1. The molecule has 3 heterocycles. The zero-order valence-electron chi connectivity index (χ0n) is 19.5. The van der Waals surface area contributed by atoms with Gasteiger partial charge in [-0.1, -0.05) is 25.1 Å². The minimum Gasteiger partial charge on any atom is -0.497 e. The predicted molar refractivity (Wildman–Crippen MR) is 133 cm³/mol. The van der Waals surface area contributed by atoms with Crippen LogP contribution in [-0.4, -0.2) is 38.9 Å². The molecule has 174 valence electrons. The number of nitrogens with zero attached hydrogens (tertiary/aromatic N) is 3. The molecule has 0 aliphatic rings. The second kappa shape index (κ2) is 8.70. The second-order valence-electron chi connectivity index (χ2n) is 8.41. The number of hydrogen-bond acceptors (Lipinski definition) is 4. The minimum absolute atomic E-state index is 0.110. The van der Waals surface area contributed by atoms with Gasteiger partial charge in [0.2, 0.25) is 5.91 Å². The standard InChI is InChI=1S/C26H27N5O3/c1-4-22(25(32)27-12-11-16-14-28-21-10-9-17(34-3)13-19(16)21)31-23-8-6-5-7-18(23)20-15-29-30(2)26(33)24(20)31/h5-10,13-15,22,28H,4,11-12H2,1-3H3,(H,27,32). The second-order valence-corrected chi connectivity index (χ2v) is 8.41. The Labute approximate surface area is 196 Å². The van der Waals surface area contributed by atoms with E-state index in [1.165, 1.54) is 4.68 Å². The Balaban J connectivity index is 1.44. The maximum Gasteiger partial charge on any atom is 0.291 e. The van der Waals surface area contributed by atoms with Gasteiger partial charge in [-0.2, -0.15) is 5.10 Å². The highest BCUT2D eigenvalue weighted by Gasteiger charge is 2.25. The Hall–Kier alpha value is -4.07. The molecule has 8 heteroatoms. The highest BCUT2D eigenvalue weighted by atomic mass is 16.5. The lowest BCUT2D eigenvalue weighted by molar-refractivity contribution is -0.124. The number of nitrogens with one attached hydrogen (secondary N) is 2. The molecule has 0 saturated heterocycles. The molecule has 1 atom stereocenters. The molecule has 3 aromatic heterocycles. The summed E-state index contributed by atoms with van der Waals surface area (Å²) in [6, 6.07) is 13.2. The van der Waals surface area contributed by atoms with Crippen molar-refractivity contribution in [3.05, 3.63) is 70.8 Å². The quantitative estimate of drug-likeness (QED) is 0.390. The Bertz CT molecular complexity index is 1580. The molecule has 8 nitrogen and oxygen atoms in total. The Morgan fingerprint density at radius 2 is 2.00 bits per heavy atom. The summed E-state index contributed by atoms with van der Waals surface area (Å²) in [6.07, 6.45) is 4.90. The van der Waals surface area contributed by atoms with Gasteiger partial charge in [-0.25, -0.2) is 4.68 Å². The maximum absolute atomic E-state index is 13.4. The Morgan fingerprint density at radius 3 is 2.79 bits per heavy atom. The van der Waals surface area contributed by atoms with Gasteiger partial charge in [-0.15, -0.1) is 0 Å². The largest absolute Gasteiger partial charge is 0.497 e. The van der Waals surface area contributed by atoms with E-state index >= 15 is 0 Å². The number of aryl methyl sites for hydroxylation is 1. The molecule has 0 aliphatic carbocycles. The summed E-state index contributed by atoms with van der Waals surface area (Å²) in [5.41, 5.74) is 3.28. The van der Waals surface area contributed by atoms with Crippen molar-refractivity contribution in [3.63, 3.8) is 0 Å². The van der Waals surface area contributed by atoms with Crippen LogP contribution in [0.2, 0.25) is 0 Å². The van der Waals surface area contributed by atoms with Crippen LogP contribution in [0.15, 0.2) is 59.7 Å². The van der Waals surface area contributed by atoms with Gasteiger partial charge in [0.1, 0.15) is 17.3 Å². The molecule has 5 aromatic rings. The van der Waals surface area contributed by atoms with Crippen molar-refractivity contribution < 1.29 is 9.53 Å². The van der Waals surface area contributed by atoms with Crippen molar-refractivity contribution in [2.24, 2.45) is 7.05 Å². The number of hydrogen-bond donors (Lipinski definition) is 2. The third kappa shape index (κ3) is 3.51. The van der Waals surface area contributed by atoms with Crippen LogP contribution < -0.4 is 15.6 Å². The Morgan fingerprint density at radius 1 is 1.18 bits per heavy atom. The molecule has 0 spiro atoms. The van der Waals surface area contributed by atoms with Gasteiger partial charge in [-0.05, 0) is 42.7 Å². The lowest BCUT2D eigenvalue weighted by Crippen LogP contribution is -2.34. The topological polar surface area (TPSA) is 93.9 Å². The van der Waals surface area contributed by atoms with Crippen molar-refractivity contribution in [2.75, 3.05) is 13.7 Å². The molecule has 34 heavy (non-hydrogen) atoms. The normalized spacial score (nSPS) is 12.4. The van der Waals surface area contributed by atoms with Crippen LogP contribution in [0.1, 0.15) is 24.9 Å². The first-order valence-electron chi connectivity index (χ1n) is 11.4. The van der Waals surface area contributed by atoms with E-state index < -0.39 is 6.04 Å². The van der Waals surface area contributed by atoms with Gasteiger partial charge >= 0.3 is 0 Å². The third-order valence-electron chi connectivity index (χ3n) is 6.48. The summed E-state index contributed by atoms with van der Waals surface area (Å²) in [4.78, 5) is 29.7. The molecule has 5 rings (SSSR count). The monoisotopic (exact) mass is 457 g/mol. The molecule has 2 aromatic carbocycles. The van der Waals surface area contributed by atoms with Crippen LogP contribution in [0.3, 0.4) is 0 Å². The molecule has 0 fully saturated rings. The van der Waals surface area contributed by atoms with Gasteiger partial charge in [0.05, 0.1) is 18.8 Å². The molecular weight excluding hydrogens is 430 g/mol. The molecule has 1 unspecified atom stereocenters. The first-order valence-corrected chi connectivity index (χ1v) is 11.4. The fraction of sp³-hybridized carbons (Fsp3) is 0.269. The number of rotatable bonds is 7. The SMILES string of the molecule is CCC(C(=O)NCCc1c[nH]c2ccc(OC)cc12)n1c2ccccc2c2cnn(C)c(=O)c21. The number of fused-ring (bicyclic) bond motifs is 4. The fourth-order valence-corrected chi connectivity index (χ4v) is 4.73. The van der Waals surface area contributed by atoms with Crippen LogP contribution in [0.4, 0.5) is 0 Å². The number of amides is 1. The van der Waals surface area contributed by atoms with Gasteiger partial charge < -0.3 is 19.6 Å². The first kappa shape index (κ1) is 21.8. The van der Waals surface area contributed by atoms with E-state index in [0.717, 1.165) is 38.5 Å². The number of aromatic nitrogens is 4. The van der Waals surface area contributed by atoms with E-state index in [1.54, 1.807) is 20.4 Å². The first-order chi connectivity index (χ1) is 16.5. The van der Waals surface area contributed by atoms with Gasteiger partial charge in [-0.3, -0.25) is 9.59 Å².